The van der Waals surface area contributed by atoms with Crippen molar-refractivity contribution in [3.63, 3.8) is 0 Å². The first kappa shape index (κ1) is 14.6. The van der Waals surface area contributed by atoms with Gasteiger partial charge in [0.2, 0.25) is 0 Å². The van der Waals surface area contributed by atoms with Gasteiger partial charge in [0.25, 0.3) is 0 Å². The minimum Gasteiger partial charge on any atom is -0.465 e. The van der Waals surface area contributed by atoms with Gasteiger partial charge in [-0.1, -0.05) is 32.1 Å². The lowest BCUT2D eigenvalue weighted by Crippen LogP contribution is -2.50. The Morgan fingerprint density at radius 2 is 2.11 bits per heavy atom. The van der Waals surface area contributed by atoms with Crippen LogP contribution in [0.5, 0.6) is 0 Å². The predicted octanol–water partition coefficient (Wildman–Crippen LogP) is 1.78. The molecule has 100 valence electrons. The van der Waals surface area contributed by atoms with E-state index < -0.39 is 17.5 Å². The molecule has 0 fully saturated rings. The molecule has 0 saturated carbocycles. The second-order valence-electron chi connectivity index (χ2n) is 4.42. The Morgan fingerprint density at radius 3 is 2.67 bits per heavy atom. The number of allylic oxidation sites excluding steroid dienone is 2. The standard InChI is InChI=1S/C14H20O4/c1-4-9-18-13(16)11-8-6-7-10(3)14(11,17)12(15)5-2/h6-8,11,17H,4-5,9H2,1-3H3. The smallest absolute Gasteiger partial charge is 0.316 e. The molecule has 0 spiro atoms. The fraction of sp³-hybridized carbons (Fsp3) is 0.571. The second-order valence-corrected chi connectivity index (χ2v) is 4.42. The summed E-state index contributed by atoms with van der Waals surface area (Å²) in [5.74, 6) is -1.86. The summed E-state index contributed by atoms with van der Waals surface area (Å²) >= 11 is 0. The first-order valence-corrected chi connectivity index (χ1v) is 6.26. The van der Waals surface area contributed by atoms with Crippen molar-refractivity contribution in [2.75, 3.05) is 6.61 Å². The van der Waals surface area contributed by atoms with Crippen molar-refractivity contribution in [3.8, 4) is 0 Å². The van der Waals surface area contributed by atoms with Gasteiger partial charge in [-0.2, -0.15) is 0 Å². The zero-order valence-electron chi connectivity index (χ0n) is 11.1. The number of Topliss-reactive ketones (excluding diaryl/α,β-unsaturated/α-hetero) is 1. The van der Waals surface area contributed by atoms with Crippen LogP contribution in [0.15, 0.2) is 23.8 Å². The zero-order valence-corrected chi connectivity index (χ0v) is 11.1. The molecule has 0 radical (unpaired) electrons. The Morgan fingerprint density at radius 1 is 1.44 bits per heavy atom. The average Bonchev–Trinajstić information content (AvgIpc) is 2.38. The van der Waals surface area contributed by atoms with E-state index in [0.29, 0.717) is 18.6 Å². The number of carbonyl (C=O) groups is 2. The van der Waals surface area contributed by atoms with Crippen molar-refractivity contribution in [2.24, 2.45) is 5.92 Å². The van der Waals surface area contributed by atoms with Gasteiger partial charge in [-0.3, -0.25) is 9.59 Å². The van der Waals surface area contributed by atoms with E-state index in [9.17, 15) is 14.7 Å². The molecule has 2 atom stereocenters. The summed E-state index contributed by atoms with van der Waals surface area (Å²) in [5.41, 5.74) is -1.27. The molecule has 0 aromatic carbocycles. The highest BCUT2D eigenvalue weighted by Gasteiger charge is 2.48. The van der Waals surface area contributed by atoms with Crippen molar-refractivity contribution in [3.05, 3.63) is 23.8 Å². The monoisotopic (exact) mass is 252 g/mol. The van der Waals surface area contributed by atoms with E-state index >= 15 is 0 Å². The molecule has 0 amide bonds. The van der Waals surface area contributed by atoms with E-state index in [0.717, 1.165) is 0 Å². The lowest BCUT2D eigenvalue weighted by molar-refractivity contribution is -0.159. The van der Waals surface area contributed by atoms with Crippen LogP contribution in [0.1, 0.15) is 33.6 Å². The third-order valence-corrected chi connectivity index (χ3v) is 3.15. The lowest BCUT2D eigenvalue weighted by atomic mass is 9.74. The van der Waals surface area contributed by atoms with Crippen LogP contribution in [0.3, 0.4) is 0 Å². The number of ketones is 1. The van der Waals surface area contributed by atoms with Gasteiger partial charge < -0.3 is 9.84 Å². The van der Waals surface area contributed by atoms with Gasteiger partial charge in [0.05, 0.1) is 6.61 Å². The molecule has 4 nitrogen and oxygen atoms in total. The second kappa shape index (κ2) is 5.96. The fourth-order valence-electron chi connectivity index (χ4n) is 2.03. The summed E-state index contributed by atoms with van der Waals surface area (Å²) in [6.45, 7) is 5.50. The molecule has 2 unspecified atom stereocenters. The maximum atomic E-state index is 12.0. The van der Waals surface area contributed by atoms with Gasteiger partial charge in [-0.15, -0.1) is 0 Å². The Bertz CT molecular complexity index is 395. The molecule has 1 rings (SSSR count). The number of ether oxygens (including phenoxy) is 1. The van der Waals surface area contributed by atoms with Crippen molar-refractivity contribution in [1.29, 1.82) is 0 Å². The van der Waals surface area contributed by atoms with Crippen molar-refractivity contribution in [1.82, 2.24) is 0 Å². The first-order valence-electron chi connectivity index (χ1n) is 6.26. The molecule has 0 aromatic rings. The Labute approximate surface area is 107 Å². The van der Waals surface area contributed by atoms with Crippen LogP contribution in [0, 0.1) is 5.92 Å². The van der Waals surface area contributed by atoms with Gasteiger partial charge >= 0.3 is 5.97 Å². The largest absolute Gasteiger partial charge is 0.465 e. The third-order valence-electron chi connectivity index (χ3n) is 3.15. The van der Waals surface area contributed by atoms with Crippen LogP contribution in [0.2, 0.25) is 0 Å². The molecule has 0 heterocycles. The summed E-state index contributed by atoms with van der Waals surface area (Å²) in [6.07, 6.45) is 5.73. The number of rotatable bonds is 5. The van der Waals surface area contributed by atoms with E-state index in [4.69, 9.17) is 4.74 Å². The van der Waals surface area contributed by atoms with Crippen molar-refractivity contribution in [2.45, 2.75) is 39.2 Å². The quantitative estimate of drug-likeness (QED) is 0.758. The molecule has 1 N–H and O–H groups in total. The van der Waals surface area contributed by atoms with Crippen LogP contribution >= 0.6 is 0 Å². The number of hydrogen-bond donors (Lipinski definition) is 1. The van der Waals surface area contributed by atoms with E-state index in [1.165, 1.54) is 6.08 Å². The van der Waals surface area contributed by atoms with Crippen LogP contribution in [0.25, 0.3) is 0 Å². The normalized spacial score (nSPS) is 26.7. The Kier molecular flexibility index (Phi) is 4.84. The molecule has 0 aromatic heterocycles. The minimum atomic E-state index is -1.76. The molecular formula is C14H20O4. The highest BCUT2D eigenvalue weighted by molar-refractivity contribution is 5.96. The van der Waals surface area contributed by atoms with Crippen LogP contribution in [-0.4, -0.2) is 29.1 Å². The van der Waals surface area contributed by atoms with E-state index in [2.05, 4.69) is 0 Å². The fourth-order valence-corrected chi connectivity index (χ4v) is 2.03. The Balaban J connectivity index is 3.02. The molecular weight excluding hydrogens is 232 g/mol. The summed E-state index contributed by atoms with van der Waals surface area (Å²) < 4.78 is 5.04. The average molecular weight is 252 g/mol. The third kappa shape index (κ3) is 2.53. The number of esters is 1. The van der Waals surface area contributed by atoms with E-state index in [1.807, 2.05) is 6.92 Å². The molecule has 18 heavy (non-hydrogen) atoms. The predicted molar refractivity (Wildman–Crippen MR) is 67.9 cm³/mol. The summed E-state index contributed by atoms with van der Waals surface area (Å²) in [7, 11) is 0. The maximum absolute atomic E-state index is 12.0. The van der Waals surface area contributed by atoms with Gasteiger partial charge in [0, 0.05) is 6.42 Å². The summed E-state index contributed by atoms with van der Waals surface area (Å²) in [4.78, 5) is 23.9. The molecule has 1 aliphatic carbocycles. The number of aliphatic hydroxyl groups is 1. The topological polar surface area (TPSA) is 63.6 Å². The molecule has 4 heteroatoms. The molecule has 0 bridgehead atoms. The number of hydrogen-bond acceptors (Lipinski definition) is 4. The van der Waals surface area contributed by atoms with Gasteiger partial charge in [-0.05, 0) is 18.9 Å². The zero-order chi connectivity index (χ0) is 13.8. The van der Waals surface area contributed by atoms with Gasteiger partial charge in [0.15, 0.2) is 11.4 Å². The van der Waals surface area contributed by atoms with Crippen molar-refractivity contribution >= 4 is 11.8 Å². The number of carbonyl (C=O) groups excluding carboxylic acids is 2. The van der Waals surface area contributed by atoms with E-state index in [1.54, 1.807) is 26.0 Å². The molecule has 0 saturated heterocycles. The minimum absolute atomic E-state index is 0.174. The van der Waals surface area contributed by atoms with Gasteiger partial charge in [-0.25, -0.2) is 0 Å². The highest BCUT2D eigenvalue weighted by Crippen LogP contribution is 2.33. The van der Waals surface area contributed by atoms with E-state index in [-0.39, 0.29) is 12.2 Å². The maximum Gasteiger partial charge on any atom is 0.316 e. The summed E-state index contributed by atoms with van der Waals surface area (Å²) in [6, 6.07) is 0. The Hall–Kier alpha value is -1.42. The van der Waals surface area contributed by atoms with Crippen LogP contribution in [0.4, 0.5) is 0 Å². The van der Waals surface area contributed by atoms with Crippen molar-refractivity contribution < 1.29 is 19.4 Å². The molecule has 0 aliphatic heterocycles. The van der Waals surface area contributed by atoms with Crippen LogP contribution < -0.4 is 0 Å². The first-order chi connectivity index (χ1) is 8.48. The SMILES string of the molecule is CCCOC(=O)C1C=CC=C(C)C1(O)C(=O)CC. The van der Waals surface area contributed by atoms with Gasteiger partial charge in [0.1, 0.15) is 5.92 Å². The molecule has 1 aliphatic rings. The highest BCUT2D eigenvalue weighted by atomic mass is 16.5. The lowest BCUT2D eigenvalue weighted by Gasteiger charge is -2.34. The summed E-state index contributed by atoms with van der Waals surface area (Å²) in [5, 5.41) is 10.6. The van der Waals surface area contributed by atoms with Crippen LogP contribution in [-0.2, 0) is 14.3 Å².